The number of hydrogen-bond donors (Lipinski definition) is 4. The van der Waals surface area contributed by atoms with Gasteiger partial charge in [-0.2, -0.15) is 0 Å². The van der Waals surface area contributed by atoms with Crippen LogP contribution in [0, 0.1) is 0 Å². The van der Waals surface area contributed by atoms with Gasteiger partial charge in [-0.25, -0.2) is 0 Å². The number of hydrogen-bond acceptors (Lipinski definition) is 8. The molecule has 0 aromatic carbocycles. The molecule has 0 amide bonds. The normalized spacial score (nSPS) is 26.7. The first-order valence-electron chi connectivity index (χ1n) is 8.98. The third kappa shape index (κ3) is 8.18. The van der Waals surface area contributed by atoms with Gasteiger partial charge in [0.15, 0.2) is 0 Å². The zero-order valence-electron chi connectivity index (χ0n) is 15.2. The van der Waals surface area contributed by atoms with Crippen molar-refractivity contribution >= 4 is 17.9 Å². The van der Waals surface area contributed by atoms with E-state index < -0.39 is 17.9 Å². The number of nitrogens with one attached hydrogen (secondary N) is 1. The van der Waals surface area contributed by atoms with Gasteiger partial charge in [0, 0.05) is 51.4 Å². The van der Waals surface area contributed by atoms with Gasteiger partial charge in [0.2, 0.25) is 0 Å². The van der Waals surface area contributed by atoms with Gasteiger partial charge in [-0.3, -0.25) is 29.1 Å². The first-order valence-corrected chi connectivity index (χ1v) is 8.98. The Labute approximate surface area is 157 Å². The lowest BCUT2D eigenvalue weighted by Gasteiger charge is -2.38. The standard InChI is InChI=1S/C16H28N4O7/c21-14(22)7-18-1-3-19(8-15(23)24)5-12-10-27-11-13(17-12)6-20(4-2-18)9-16(25)26/h12-13,17H,1-11H2,(H,21,22)(H,23,24)(H,25,26). The van der Waals surface area contributed by atoms with Crippen LogP contribution in [0.4, 0.5) is 0 Å². The highest BCUT2D eigenvalue weighted by Gasteiger charge is 2.27. The van der Waals surface area contributed by atoms with E-state index in [0.717, 1.165) is 0 Å². The Balaban J connectivity index is 2.11. The number of carboxylic acids is 3. The van der Waals surface area contributed by atoms with Crippen LogP contribution >= 0.6 is 0 Å². The first kappa shape index (κ1) is 21.5. The molecule has 0 aliphatic carbocycles. The third-order valence-corrected chi connectivity index (χ3v) is 4.61. The molecule has 2 aliphatic rings. The molecule has 2 atom stereocenters. The minimum Gasteiger partial charge on any atom is -0.480 e. The van der Waals surface area contributed by atoms with Gasteiger partial charge in [-0.1, -0.05) is 0 Å². The van der Waals surface area contributed by atoms with Gasteiger partial charge in [0.25, 0.3) is 0 Å². The zero-order valence-corrected chi connectivity index (χ0v) is 15.2. The van der Waals surface area contributed by atoms with Crippen molar-refractivity contribution in [2.24, 2.45) is 0 Å². The maximum Gasteiger partial charge on any atom is 0.317 e. The molecule has 11 heteroatoms. The van der Waals surface area contributed by atoms with E-state index in [-0.39, 0.29) is 31.7 Å². The molecule has 2 bridgehead atoms. The van der Waals surface area contributed by atoms with Crippen molar-refractivity contribution in [1.29, 1.82) is 0 Å². The van der Waals surface area contributed by atoms with Crippen molar-refractivity contribution < 1.29 is 34.4 Å². The Kier molecular flexibility index (Phi) is 8.38. The zero-order chi connectivity index (χ0) is 19.8. The minimum absolute atomic E-state index is 0.0675. The molecule has 2 unspecified atom stereocenters. The second-order valence-electron chi connectivity index (χ2n) is 7.03. The molecule has 27 heavy (non-hydrogen) atoms. The molecule has 11 nitrogen and oxygen atoms in total. The van der Waals surface area contributed by atoms with E-state index in [1.165, 1.54) is 0 Å². The van der Waals surface area contributed by atoms with Gasteiger partial charge in [0.1, 0.15) is 0 Å². The summed E-state index contributed by atoms with van der Waals surface area (Å²) in [4.78, 5) is 38.7. The summed E-state index contributed by atoms with van der Waals surface area (Å²) in [5, 5.41) is 30.8. The van der Waals surface area contributed by atoms with Crippen molar-refractivity contribution in [1.82, 2.24) is 20.0 Å². The van der Waals surface area contributed by atoms with Crippen LogP contribution in [0.25, 0.3) is 0 Å². The highest BCUT2D eigenvalue weighted by molar-refractivity contribution is 5.69. The van der Waals surface area contributed by atoms with E-state index >= 15 is 0 Å². The molecular formula is C16H28N4O7. The Hall–Kier alpha value is -1.79. The van der Waals surface area contributed by atoms with Crippen LogP contribution in [0.2, 0.25) is 0 Å². The van der Waals surface area contributed by atoms with Crippen LogP contribution in [-0.4, -0.2) is 132 Å². The number of rotatable bonds is 6. The van der Waals surface area contributed by atoms with E-state index in [9.17, 15) is 14.4 Å². The summed E-state index contributed by atoms with van der Waals surface area (Å²) in [6, 6.07) is -0.135. The molecule has 2 saturated heterocycles. The molecule has 2 aliphatic heterocycles. The minimum atomic E-state index is -0.969. The molecule has 2 heterocycles. The Morgan fingerprint density at radius 2 is 1.11 bits per heavy atom. The second kappa shape index (κ2) is 10.5. The third-order valence-electron chi connectivity index (χ3n) is 4.61. The number of aliphatic carboxylic acids is 3. The summed E-state index contributed by atoms with van der Waals surface area (Å²) in [7, 11) is 0. The number of carbonyl (C=O) groups is 3. The Bertz CT molecular complexity index is 497. The topological polar surface area (TPSA) is 143 Å². The van der Waals surface area contributed by atoms with Crippen molar-refractivity contribution in [2.45, 2.75) is 12.1 Å². The maximum atomic E-state index is 11.2. The SMILES string of the molecule is O=C(O)CN1CCN(CC(=O)O)CC2COCC(CN(CC(=O)O)CC1)N2. The van der Waals surface area contributed by atoms with Gasteiger partial charge >= 0.3 is 17.9 Å². The lowest BCUT2D eigenvalue weighted by atomic mass is 10.1. The second-order valence-corrected chi connectivity index (χ2v) is 7.03. The fourth-order valence-corrected chi connectivity index (χ4v) is 3.50. The summed E-state index contributed by atoms with van der Waals surface area (Å²) >= 11 is 0. The molecule has 0 spiro atoms. The number of nitrogens with zero attached hydrogens (tertiary/aromatic N) is 3. The smallest absolute Gasteiger partial charge is 0.317 e. The maximum absolute atomic E-state index is 11.2. The van der Waals surface area contributed by atoms with Crippen LogP contribution in [0.5, 0.6) is 0 Å². The van der Waals surface area contributed by atoms with Crippen LogP contribution in [0.15, 0.2) is 0 Å². The van der Waals surface area contributed by atoms with E-state index in [4.69, 9.17) is 20.1 Å². The van der Waals surface area contributed by atoms with Gasteiger partial charge in [0.05, 0.1) is 32.8 Å². The van der Waals surface area contributed by atoms with Gasteiger partial charge in [-0.15, -0.1) is 0 Å². The van der Waals surface area contributed by atoms with Gasteiger partial charge in [-0.05, 0) is 0 Å². The van der Waals surface area contributed by atoms with E-state index in [2.05, 4.69) is 5.32 Å². The molecule has 0 radical (unpaired) electrons. The highest BCUT2D eigenvalue weighted by Crippen LogP contribution is 2.07. The fraction of sp³-hybridized carbons (Fsp3) is 0.812. The number of carboxylic acid groups (broad SMARTS) is 3. The summed E-state index contributed by atoms with van der Waals surface area (Å²) in [5.74, 6) is -2.84. The summed E-state index contributed by atoms with van der Waals surface area (Å²) in [5.41, 5.74) is 0. The number of fused-ring (bicyclic) bond motifs is 2. The summed E-state index contributed by atoms with van der Waals surface area (Å²) in [6.07, 6.45) is 0. The first-order chi connectivity index (χ1) is 12.8. The van der Waals surface area contributed by atoms with Crippen molar-refractivity contribution in [3.8, 4) is 0 Å². The Morgan fingerprint density at radius 3 is 1.52 bits per heavy atom. The van der Waals surface area contributed by atoms with E-state index in [1.54, 1.807) is 14.7 Å². The predicted molar refractivity (Wildman–Crippen MR) is 93.8 cm³/mol. The summed E-state index contributed by atoms with van der Waals surface area (Å²) in [6.45, 7) is 2.97. The molecule has 0 aromatic heterocycles. The number of ether oxygens (including phenoxy) is 1. The molecule has 2 fully saturated rings. The van der Waals surface area contributed by atoms with Crippen molar-refractivity contribution in [3.63, 3.8) is 0 Å². The molecule has 0 saturated carbocycles. The van der Waals surface area contributed by atoms with Crippen LogP contribution in [0.3, 0.4) is 0 Å². The highest BCUT2D eigenvalue weighted by atomic mass is 16.5. The average molecular weight is 388 g/mol. The van der Waals surface area contributed by atoms with Crippen LogP contribution in [-0.2, 0) is 19.1 Å². The van der Waals surface area contributed by atoms with Crippen LogP contribution in [0.1, 0.15) is 0 Å². The van der Waals surface area contributed by atoms with Crippen molar-refractivity contribution in [2.75, 3.05) is 72.1 Å². The Morgan fingerprint density at radius 1 is 0.741 bits per heavy atom. The number of morpholine rings is 1. The lowest BCUT2D eigenvalue weighted by Crippen LogP contribution is -2.59. The predicted octanol–water partition coefficient (Wildman–Crippen LogP) is -2.48. The van der Waals surface area contributed by atoms with E-state index in [1.807, 2.05) is 0 Å². The fourth-order valence-electron chi connectivity index (χ4n) is 3.50. The van der Waals surface area contributed by atoms with Crippen LogP contribution < -0.4 is 5.32 Å². The van der Waals surface area contributed by atoms with Crippen molar-refractivity contribution in [3.05, 3.63) is 0 Å². The van der Waals surface area contributed by atoms with Gasteiger partial charge < -0.3 is 25.4 Å². The summed E-state index contributed by atoms with van der Waals surface area (Å²) < 4.78 is 5.62. The molecule has 0 aromatic rings. The average Bonchev–Trinajstić information content (AvgIpc) is 2.55. The van der Waals surface area contributed by atoms with E-state index in [0.29, 0.717) is 52.5 Å². The lowest BCUT2D eigenvalue weighted by molar-refractivity contribution is -0.141. The molecule has 2 rings (SSSR count). The monoisotopic (exact) mass is 388 g/mol. The molecular weight excluding hydrogens is 360 g/mol. The largest absolute Gasteiger partial charge is 0.480 e. The molecule has 154 valence electrons. The quantitative estimate of drug-likeness (QED) is 0.384. The molecule has 4 N–H and O–H groups in total.